The van der Waals surface area contributed by atoms with Crippen LogP contribution in [0.1, 0.15) is 34.0 Å². The van der Waals surface area contributed by atoms with Crippen LogP contribution in [0, 0.1) is 5.41 Å². The molecule has 0 spiro atoms. The minimum Gasteiger partial charge on any atom is -0.489 e. The van der Waals surface area contributed by atoms with Crippen molar-refractivity contribution in [2.24, 2.45) is 11.5 Å². The molecule has 39 heavy (non-hydrogen) atoms. The molecule has 1 saturated heterocycles. The Morgan fingerprint density at radius 3 is 2.05 bits per heavy atom. The van der Waals surface area contributed by atoms with Crippen molar-refractivity contribution in [1.29, 1.82) is 5.41 Å². The molecule has 0 bridgehead atoms. The van der Waals surface area contributed by atoms with Crippen LogP contribution in [0.3, 0.4) is 0 Å². The first kappa shape index (κ1) is 27.5. The van der Waals surface area contributed by atoms with E-state index in [1.807, 2.05) is 24.3 Å². The maximum Gasteiger partial charge on any atom is 0.409 e. The van der Waals surface area contributed by atoms with Gasteiger partial charge in [-0.25, -0.2) is 4.79 Å². The SMILES string of the molecule is CCOC(=O)N1CCN(C(=O)c2cc(OCc3ccc(CN)cc3)cc(Oc3ccc(C(=N)N)cc3)c2)CC1. The monoisotopic (exact) mass is 531 g/mol. The molecule has 0 aromatic heterocycles. The molecule has 3 aromatic carbocycles. The van der Waals surface area contributed by atoms with E-state index < -0.39 is 0 Å². The van der Waals surface area contributed by atoms with E-state index in [4.69, 9.17) is 31.1 Å². The molecule has 10 heteroatoms. The largest absolute Gasteiger partial charge is 0.489 e. The molecule has 204 valence electrons. The van der Waals surface area contributed by atoms with E-state index in [-0.39, 0.29) is 17.8 Å². The fraction of sp³-hybridized carbons (Fsp3) is 0.276. The predicted molar refractivity (Wildman–Crippen MR) is 147 cm³/mol. The lowest BCUT2D eigenvalue weighted by molar-refractivity contribution is 0.0570. The summed E-state index contributed by atoms with van der Waals surface area (Å²) >= 11 is 0. The zero-order valence-electron chi connectivity index (χ0n) is 21.9. The number of nitrogen functional groups attached to an aromatic ring is 1. The van der Waals surface area contributed by atoms with Gasteiger partial charge in [0, 0.05) is 49.9 Å². The zero-order chi connectivity index (χ0) is 27.8. The predicted octanol–water partition coefficient (Wildman–Crippen LogP) is 3.71. The van der Waals surface area contributed by atoms with Crippen LogP contribution in [0.15, 0.2) is 66.7 Å². The zero-order valence-corrected chi connectivity index (χ0v) is 21.9. The van der Waals surface area contributed by atoms with E-state index in [2.05, 4.69) is 0 Å². The summed E-state index contributed by atoms with van der Waals surface area (Å²) in [6.45, 7) is 4.40. The van der Waals surface area contributed by atoms with E-state index in [0.29, 0.717) is 74.3 Å². The third kappa shape index (κ3) is 7.26. The van der Waals surface area contributed by atoms with Gasteiger partial charge in [0.15, 0.2) is 0 Å². The van der Waals surface area contributed by atoms with Crippen LogP contribution < -0.4 is 20.9 Å². The maximum absolute atomic E-state index is 13.5. The molecule has 1 aliphatic heterocycles. The molecule has 3 aromatic rings. The number of hydrogen-bond donors (Lipinski definition) is 3. The van der Waals surface area contributed by atoms with Crippen LogP contribution >= 0.6 is 0 Å². The number of nitrogens with zero attached hydrogens (tertiary/aromatic N) is 2. The van der Waals surface area contributed by atoms with Crippen molar-refractivity contribution in [2.75, 3.05) is 32.8 Å². The third-order valence-corrected chi connectivity index (χ3v) is 6.29. The fourth-order valence-corrected chi connectivity index (χ4v) is 4.10. The summed E-state index contributed by atoms with van der Waals surface area (Å²) in [6, 6.07) is 19.7. The molecule has 2 amide bonds. The average Bonchev–Trinajstić information content (AvgIpc) is 2.96. The quantitative estimate of drug-likeness (QED) is 0.282. The number of nitrogens with two attached hydrogens (primary N) is 2. The lowest BCUT2D eigenvalue weighted by Gasteiger charge is -2.34. The van der Waals surface area contributed by atoms with Gasteiger partial charge in [-0.3, -0.25) is 10.2 Å². The van der Waals surface area contributed by atoms with Gasteiger partial charge in [-0.15, -0.1) is 0 Å². The van der Waals surface area contributed by atoms with Gasteiger partial charge >= 0.3 is 6.09 Å². The van der Waals surface area contributed by atoms with Crippen molar-refractivity contribution in [3.63, 3.8) is 0 Å². The van der Waals surface area contributed by atoms with Crippen LogP contribution in [0.5, 0.6) is 17.2 Å². The minimum atomic E-state index is -0.369. The summed E-state index contributed by atoms with van der Waals surface area (Å²) in [4.78, 5) is 28.8. The summed E-state index contributed by atoms with van der Waals surface area (Å²) in [6.07, 6.45) is -0.369. The van der Waals surface area contributed by atoms with Crippen molar-refractivity contribution in [2.45, 2.75) is 20.1 Å². The molecular weight excluding hydrogens is 498 g/mol. The van der Waals surface area contributed by atoms with E-state index in [1.54, 1.807) is 59.2 Å². The van der Waals surface area contributed by atoms with E-state index >= 15 is 0 Å². The molecule has 4 rings (SSSR count). The number of rotatable bonds is 9. The number of amidine groups is 1. The third-order valence-electron chi connectivity index (χ3n) is 6.29. The maximum atomic E-state index is 13.5. The molecule has 5 N–H and O–H groups in total. The number of hydrogen-bond acceptors (Lipinski definition) is 7. The molecule has 1 heterocycles. The standard InChI is InChI=1S/C29H33N5O5/c1-2-37-29(36)34-13-11-33(12-14-34)28(35)23-15-25(38-19-21-5-3-20(18-30)4-6-21)17-26(16-23)39-24-9-7-22(8-10-24)27(31)32/h3-10,15-17H,2,11-14,18-19,30H2,1H3,(H3,31,32). The Bertz CT molecular complexity index is 1300. The first-order valence-electron chi connectivity index (χ1n) is 12.8. The molecular formula is C29H33N5O5. The molecule has 1 fully saturated rings. The van der Waals surface area contributed by atoms with Gasteiger partial charge in [-0.1, -0.05) is 24.3 Å². The Balaban J connectivity index is 1.53. The van der Waals surface area contributed by atoms with E-state index in [9.17, 15) is 9.59 Å². The molecule has 0 atom stereocenters. The molecule has 1 aliphatic rings. The smallest absolute Gasteiger partial charge is 0.409 e. The van der Waals surface area contributed by atoms with Crippen LogP contribution in [0.25, 0.3) is 0 Å². The van der Waals surface area contributed by atoms with Gasteiger partial charge in [0.1, 0.15) is 29.7 Å². The second kappa shape index (κ2) is 12.8. The van der Waals surface area contributed by atoms with Gasteiger partial charge in [-0.2, -0.15) is 0 Å². The molecule has 0 radical (unpaired) electrons. The number of nitrogens with one attached hydrogen (secondary N) is 1. The van der Waals surface area contributed by atoms with Gasteiger partial charge in [0.2, 0.25) is 0 Å². The first-order valence-corrected chi connectivity index (χ1v) is 12.8. The topological polar surface area (TPSA) is 144 Å². The Hall–Kier alpha value is -4.57. The summed E-state index contributed by atoms with van der Waals surface area (Å²) in [5.74, 6) is 1.20. The van der Waals surface area contributed by atoms with Gasteiger partial charge < -0.3 is 35.5 Å². The highest BCUT2D eigenvalue weighted by Crippen LogP contribution is 2.29. The average molecular weight is 532 g/mol. The number of amides is 2. The number of benzene rings is 3. The van der Waals surface area contributed by atoms with Crippen LogP contribution in [-0.2, 0) is 17.9 Å². The van der Waals surface area contributed by atoms with Gasteiger partial charge in [0.05, 0.1) is 6.61 Å². The van der Waals surface area contributed by atoms with Crippen molar-refractivity contribution in [3.8, 4) is 17.2 Å². The van der Waals surface area contributed by atoms with Crippen LogP contribution in [0.4, 0.5) is 4.79 Å². The summed E-state index contributed by atoms with van der Waals surface area (Å²) in [5.41, 5.74) is 14.2. The lowest BCUT2D eigenvalue weighted by Crippen LogP contribution is -2.50. The van der Waals surface area contributed by atoms with Crippen molar-refractivity contribution < 1.29 is 23.8 Å². The summed E-state index contributed by atoms with van der Waals surface area (Å²) in [7, 11) is 0. The van der Waals surface area contributed by atoms with Crippen molar-refractivity contribution >= 4 is 17.8 Å². The van der Waals surface area contributed by atoms with Gasteiger partial charge in [-0.05, 0) is 54.4 Å². The highest BCUT2D eigenvalue weighted by molar-refractivity contribution is 5.95. The minimum absolute atomic E-state index is 0.0348. The Morgan fingerprint density at radius 2 is 1.44 bits per heavy atom. The Labute approximate surface area is 227 Å². The number of piperazine rings is 1. The van der Waals surface area contributed by atoms with Crippen molar-refractivity contribution in [1.82, 2.24) is 9.80 Å². The number of ether oxygens (including phenoxy) is 3. The highest BCUT2D eigenvalue weighted by atomic mass is 16.6. The number of carbonyl (C=O) groups is 2. The number of carbonyl (C=O) groups excluding carboxylic acids is 2. The second-order valence-electron chi connectivity index (χ2n) is 9.02. The molecule has 0 saturated carbocycles. The summed E-state index contributed by atoms with van der Waals surface area (Å²) < 4.78 is 17.2. The van der Waals surface area contributed by atoms with E-state index in [1.165, 1.54) is 0 Å². The van der Waals surface area contributed by atoms with E-state index in [0.717, 1.165) is 11.1 Å². The van der Waals surface area contributed by atoms with Gasteiger partial charge in [0.25, 0.3) is 5.91 Å². The molecule has 10 nitrogen and oxygen atoms in total. The van der Waals surface area contributed by atoms with Crippen LogP contribution in [0.2, 0.25) is 0 Å². The Kier molecular flexibility index (Phi) is 9.01. The van der Waals surface area contributed by atoms with Crippen LogP contribution in [-0.4, -0.2) is 60.4 Å². The van der Waals surface area contributed by atoms with Crippen molar-refractivity contribution in [3.05, 3.63) is 89.0 Å². The summed E-state index contributed by atoms with van der Waals surface area (Å²) in [5, 5.41) is 7.57. The first-order chi connectivity index (χ1) is 18.9. The highest BCUT2D eigenvalue weighted by Gasteiger charge is 2.26. The normalized spacial score (nSPS) is 13.1. The Morgan fingerprint density at radius 1 is 0.821 bits per heavy atom. The lowest BCUT2D eigenvalue weighted by atomic mass is 10.1. The second-order valence-corrected chi connectivity index (χ2v) is 9.02. The molecule has 0 aliphatic carbocycles. The fourth-order valence-electron chi connectivity index (χ4n) is 4.10. The molecule has 0 unspecified atom stereocenters.